The van der Waals surface area contributed by atoms with E-state index in [4.69, 9.17) is 0 Å². The summed E-state index contributed by atoms with van der Waals surface area (Å²) in [6.45, 7) is 6.53. The third kappa shape index (κ3) is 4.91. The van der Waals surface area contributed by atoms with Crippen LogP contribution in [0.3, 0.4) is 0 Å². The van der Waals surface area contributed by atoms with E-state index in [1.54, 1.807) is 6.20 Å². The van der Waals surface area contributed by atoms with Gasteiger partial charge in [0.1, 0.15) is 5.69 Å². The quantitative estimate of drug-likeness (QED) is 0.328. The second kappa shape index (κ2) is 10.6. The summed E-state index contributed by atoms with van der Waals surface area (Å²) in [5, 5.41) is 5.19. The topological polar surface area (TPSA) is 48.5 Å². The summed E-state index contributed by atoms with van der Waals surface area (Å²) in [5.41, 5.74) is 3.92. The fourth-order valence-corrected chi connectivity index (χ4v) is 6.35. The highest BCUT2D eigenvalue weighted by Gasteiger charge is 2.42. The number of aromatic nitrogens is 1. The average Bonchev–Trinajstić information content (AvgIpc) is 2.98. The van der Waals surface area contributed by atoms with Gasteiger partial charge in [0.05, 0.1) is 0 Å². The van der Waals surface area contributed by atoms with Crippen molar-refractivity contribution in [2.24, 2.45) is 5.92 Å². The summed E-state index contributed by atoms with van der Waals surface area (Å²) in [7, 11) is 0. The minimum absolute atomic E-state index is 0.0111. The van der Waals surface area contributed by atoms with E-state index in [1.165, 1.54) is 24.1 Å². The Morgan fingerprint density at radius 3 is 2.32 bits per heavy atom. The van der Waals surface area contributed by atoms with Crippen molar-refractivity contribution in [3.8, 4) is 0 Å². The first-order valence-electron chi connectivity index (χ1n) is 13.9. The average molecular weight is 505 g/mol. The fourth-order valence-electron chi connectivity index (χ4n) is 6.35. The Balaban J connectivity index is 1.23. The molecule has 2 aliphatic rings. The number of piperazine rings is 1. The second-order valence-electron chi connectivity index (χ2n) is 11.0. The number of nitrogens with one attached hydrogen (secondary N) is 1. The molecule has 1 saturated heterocycles. The molecule has 6 rings (SSSR count). The molecule has 0 atom stereocenters. The van der Waals surface area contributed by atoms with Gasteiger partial charge in [-0.2, -0.15) is 0 Å². The van der Waals surface area contributed by atoms with Crippen LogP contribution in [0.15, 0.2) is 91.1 Å². The van der Waals surface area contributed by atoms with E-state index in [0.717, 1.165) is 61.4 Å². The van der Waals surface area contributed by atoms with Crippen molar-refractivity contribution in [3.05, 3.63) is 102 Å². The molecule has 1 aliphatic carbocycles. The molecule has 3 aromatic carbocycles. The summed E-state index contributed by atoms with van der Waals surface area (Å²) < 4.78 is 0. The molecule has 1 aromatic heterocycles. The summed E-state index contributed by atoms with van der Waals surface area (Å²) in [6, 6.07) is 29.2. The number of anilines is 2. The highest BCUT2D eigenvalue weighted by atomic mass is 16.1. The van der Waals surface area contributed by atoms with E-state index in [0.29, 0.717) is 5.69 Å². The number of pyridine rings is 1. The van der Waals surface area contributed by atoms with Crippen LogP contribution in [0.25, 0.3) is 10.8 Å². The molecule has 1 aliphatic heterocycles. The van der Waals surface area contributed by atoms with E-state index >= 15 is 0 Å². The van der Waals surface area contributed by atoms with Crippen LogP contribution in [-0.4, -0.2) is 42.0 Å². The predicted molar refractivity (Wildman–Crippen MR) is 156 cm³/mol. The Kier molecular flexibility index (Phi) is 6.86. The lowest BCUT2D eigenvalue weighted by atomic mass is 9.71. The normalized spacial score (nSPS) is 22.3. The van der Waals surface area contributed by atoms with Crippen LogP contribution >= 0.6 is 0 Å². The van der Waals surface area contributed by atoms with Gasteiger partial charge < -0.3 is 10.2 Å². The zero-order chi connectivity index (χ0) is 26.0. The van der Waals surface area contributed by atoms with E-state index in [-0.39, 0.29) is 11.4 Å². The Labute approximate surface area is 225 Å². The number of rotatable bonds is 5. The number of nitrogens with zero attached hydrogens (tertiary/aromatic N) is 3. The Morgan fingerprint density at radius 2 is 1.55 bits per heavy atom. The molecule has 5 nitrogen and oxygen atoms in total. The Morgan fingerprint density at radius 1 is 0.842 bits per heavy atom. The van der Waals surface area contributed by atoms with Gasteiger partial charge in [0, 0.05) is 54.7 Å². The highest BCUT2D eigenvalue weighted by molar-refractivity contribution is 6.04. The molecule has 1 N–H and O–H groups in total. The molecule has 0 spiro atoms. The van der Waals surface area contributed by atoms with Gasteiger partial charge in [-0.05, 0) is 72.9 Å². The third-order valence-electron chi connectivity index (χ3n) is 8.63. The van der Waals surface area contributed by atoms with Crippen LogP contribution in [0.5, 0.6) is 0 Å². The summed E-state index contributed by atoms with van der Waals surface area (Å²) in [6.07, 6.45) is 6.55. The van der Waals surface area contributed by atoms with Crippen molar-refractivity contribution in [2.75, 3.05) is 36.4 Å². The summed E-state index contributed by atoms with van der Waals surface area (Å²) >= 11 is 0. The lowest BCUT2D eigenvalue weighted by Crippen LogP contribution is -2.56. The van der Waals surface area contributed by atoms with Crippen LogP contribution in [0.1, 0.15) is 48.7 Å². The minimum atomic E-state index is -0.171. The fraction of sp³-hybridized carbons (Fsp3) is 0.333. The molecule has 4 aromatic rings. The van der Waals surface area contributed by atoms with E-state index in [1.807, 2.05) is 36.4 Å². The maximum absolute atomic E-state index is 13.2. The first-order chi connectivity index (χ1) is 18.6. The summed E-state index contributed by atoms with van der Waals surface area (Å²) in [5.74, 6) is 0.589. The third-order valence-corrected chi connectivity index (χ3v) is 8.63. The monoisotopic (exact) mass is 504 g/mol. The summed E-state index contributed by atoms with van der Waals surface area (Å²) in [4.78, 5) is 22.8. The van der Waals surface area contributed by atoms with Gasteiger partial charge in [-0.1, -0.05) is 61.5 Å². The lowest BCUT2D eigenvalue weighted by molar-refractivity contribution is 0.0299. The van der Waals surface area contributed by atoms with Gasteiger partial charge in [-0.25, -0.2) is 0 Å². The molecule has 1 saturated carbocycles. The van der Waals surface area contributed by atoms with Crippen LogP contribution in [0.4, 0.5) is 11.4 Å². The van der Waals surface area contributed by atoms with Crippen molar-refractivity contribution in [1.29, 1.82) is 0 Å². The molecule has 38 heavy (non-hydrogen) atoms. The predicted octanol–water partition coefficient (Wildman–Crippen LogP) is 6.71. The Bertz CT molecular complexity index is 1400. The number of benzene rings is 3. The molecule has 194 valence electrons. The Hall–Kier alpha value is -3.70. The number of carbonyl (C=O) groups is 1. The van der Waals surface area contributed by atoms with Crippen molar-refractivity contribution in [2.45, 2.75) is 38.1 Å². The van der Waals surface area contributed by atoms with Crippen molar-refractivity contribution >= 4 is 28.1 Å². The first-order valence-corrected chi connectivity index (χ1v) is 13.9. The largest absolute Gasteiger partial charge is 0.369 e. The molecule has 0 unspecified atom stereocenters. The lowest BCUT2D eigenvalue weighted by Gasteiger charge is -2.51. The van der Waals surface area contributed by atoms with Crippen LogP contribution in [-0.2, 0) is 5.54 Å². The molecule has 2 fully saturated rings. The smallest absolute Gasteiger partial charge is 0.274 e. The second-order valence-corrected chi connectivity index (χ2v) is 11.0. The number of amides is 1. The maximum Gasteiger partial charge on any atom is 0.274 e. The van der Waals surface area contributed by atoms with Crippen molar-refractivity contribution in [3.63, 3.8) is 0 Å². The zero-order valence-corrected chi connectivity index (χ0v) is 22.1. The van der Waals surface area contributed by atoms with Crippen LogP contribution < -0.4 is 10.2 Å². The zero-order valence-electron chi connectivity index (χ0n) is 22.1. The van der Waals surface area contributed by atoms with Gasteiger partial charge in [0.25, 0.3) is 5.91 Å². The van der Waals surface area contributed by atoms with Gasteiger partial charge >= 0.3 is 0 Å². The molecule has 1 amide bonds. The van der Waals surface area contributed by atoms with Crippen LogP contribution in [0.2, 0.25) is 0 Å². The van der Waals surface area contributed by atoms with E-state index in [2.05, 4.69) is 75.6 Å². The van der Waals surface area contributed by atoms with Crippen molar-refractivity contribution in [1.82, 2.24) is 9.88 Å². The minimum Gasteiger partial charge on any atom is -0.369 e. The first kappa shape index (κ1) is 24.6. The van der Waals surface area contributed by atoms with Gasteiger partial charge in [0.2, 0.25) is 0 Å². The number of para-hydroxylation sites is 1. The maximum atomic E-state index is 13.2. The SMILES string of the molecule is CC1CCC(c2cccc(NC(=O)c3cc4ccccc4cn3)c2)(N2CCN(c3ccccc3)CC2)CC1. The molecule has 0 radical (unpaired) electrons. The number of carbonyl (C=O) groups excluding carboxylic acids is 1. The molecular weight excluding hydrogens is 468 g/mol. The van der Waals surface area contributed by atoms with E-state index < -0.39 is 0 Å². The van der Waals surface area contributed by atoms with Gasteiger partial charge in [-0.15, -0.1) is 0 Å². The number of hydrogen-bond acceptors (Lipinski definition) is 4. The number of fused-ring (bicyclic) bond motifs is 1. The molecule has 5 heteroatoms. The molecule has 0 bridgehead atoms. The van der Waals surface area contributed by atoms with Crippen molar-refractivity contribution < 1.29 is 4.79 Å². The number of hydrogen-bond donors (Lipinski definition) is 1. The molecule has 2 heterocycles. The van der Waals surface area contributed by atoms with Gasteiger partial charge in [0.15, 0.2) is 0 Å². The molecular formula is C33H36N4O. The van der Waals surface area contributed by atoms with E-state index in [9.17, 15) is 4.79 Å². The standard InChI is InChI=1S/C33H36N4O/c1-25-14-16-33(17-15-25,37-20-18-36(19-21-37)30-12-3-2-4-13-30)28-10-7-11-29(23-28)35-32(38)31-22-26-8-5-6-9-27(26)24-34-31/h2-13,22-25H,14-21H2,1H3,(H,35,38). The van der Waals surface area contributed by atoms with Gasteiger partial charge in [-0.3, -0.25) is 14.7 Å². The highest BCUT2D eigenvalue weighted by Crippen LogP contribution is 2.45. The van der Waals surface area contributed by atoms with Crippen LogP contribution in [0, 0.1) is 5.92 Å².